The number of rotatable bonds is 7. The van der Waals surface area contributed by atoms with Gasteiger partial charge in [0.2, 0.25) is 11.8 Å². The molecule has 2 aromatic carbocycles. The number of carbonyl (C=O) groups excluding carboxylic acids is 2. The fraction of sp³-hybridized carbons (Fsp3) is 0.200. The highest BCUT2D eigenvalue weighted by atomic mass is 16.5. The number of amides is 2. The zero-order valence-corrected chi connectivity index (χ0v) is 15.0. The van der Waals surface area contributed by atoms with Gasteiger partial charge in [0.15, 0.2) is 11.5 Å². The topological polar surface area (TPSA) is 76.7 Å². The third kappa shape index (κ3) is 5.66. The Morgan fingerprint density at radius 3 is 2.31 bits per heavy atom. The highest BCUT2D eigenvalue weighted by molar-refractivity contribution is 5.92. The first-order chi connectivity index (χ1) is 12.5. The van der Waals surface area contributed by atoms with E-state index in [0.29, 0.717) is 23.7 Å². The normalized spacial score (nSPS) is 10.4. The molecule has 0 aromatic heterocycles. The van der Waals surface area contributed by atoms with E-state index < -0.39 is 0 Å². The lowest BCUT2D eigenvalue weighted by Crippen LogP contribution is -2.20. The number of benzene rings is 2. The molecule has 2 amide bonds. The summed E-state index contributed by atoms with van der Waals surface area (Å²) in [7, 11) is 3.15. The summed E-state index contributed by atoms with van der Waals surface area (Å²) in [6, 6.07) is 12.7. The summed E-state index contributed by atoms with van der Waals surface area (Å²) < 4.78 is 10.4. The van der Waals surface area contributed by atoms with Crippen molar-refractivity contribution in [1.82, 2.24) is 5.32 Å². The second kappa shape index (κ2) is 9.27. The van der Waals surface area contributed by atoms with Crippen LogP contribution in [0.15, 0.2) is 48.5 Å². The first kappa shape index (κ1) is 19.1. The van der Waals surface area contributed by atoms with Crippen LogP contribution in [-0.4, -0.2) is 26.0 Å². The van der Waals surface area contributed by atoms with Gasteiger partial charge in [-0.05, 0) is 41.5 Å². The molecular weight excluding hydrogens is 332 g/mol. The van der Waals surface area contributed by atoms with E-state index in [1.54, 1.807) is 38.5 Å². The molecule has 0 bridgehead atoms. The molecule has 2 N–H and O–H groups in total. The summed E-state index contributed by atoms with van der Waals surface area (Å²) in [5.41, 5.74) is 2.48. The zero-order valence-electron chi connectivity index (χ0n) is 15.0. The zero-order chi connectivity index (χ0) is 18.9. The van der Waals surface area contributed by atoms with Crippen LogP contribution >= 0.6 is 0 Å². The quantitative estimate of drug-likeness (QED) is 0.750. The molecule has 0 heterocycles. The maximum absolute atomic E-state index is 12.0. The molecule has 0 aliphatic heterocycles. The molecule has 0 aliphatic carbocycles. The van der Waals surface area contributed by atoms with Crippen molar-refractivity contribution in [3.05, 3.63) is 59.7 Å². The van der Waals surface area contributed by atoms with Crippen LogP contribution in [0.3, 0.4) is 0 Å². The Bertz CT molecular complexity index is 798. The van der Waals surface area contributed by atoms with Gasteiger partial charge in [0.1, 0.15) is 0 Å². The second-order valence-corrected chi connectivity index (χ2v) is 5.54. The Kier molecular flexibility index (Phi) is 6.79. The van der Waals surface area contributed by atoms with Crippen molar-refractivity contribution in [3.63, 3.8) is 0 Å². The number of hydrogen-bond acceptors (Lipinski definition) is 4. The molecule has 2 aromatic rings. The van der Waals surface area contributed by atoms with Crippen molar-refractivity contribution in [2.45, 2.75) is 13.5 Å². The molecule has 0 unspecified atom stereocenters. The molecule has 0 atom stereocenters. The fourth-order valence-electron chi connectivity index (χ4n) is 2.29. The highest BCUT2D eigenvalue weighted by Gasteiger charge is 2.05. The number of hydrogen-bond donors (Lipinski definition) is 2. The molecule has 6 nitrogen and oxygen atoms in total. The Balaban J connectivity index is 1.90. The van der Waals surface area contributed by atoms with E-state index in [0.717, 1.165) is 11.1 Å². The van der Waals surface area contributed by atoms with Crippen LogP contribution in [0.2, 0.25) is 0 Å². The average Bonchev–Trinajstić information content (AvgIpc) is 2.65. The van der Waals surface area contributed by atoms with E-state index in [-0.39, 0.29) is 11.8 Å². The van der Waals surface area contributed by atoms with E-state index in [1.165, 1.54) is 13.0 Å². The molecule has 0 saturated heterocycles. The van der Waals surface area contributed by atoms with Gasteiger partial charge in [-0.25, -0.2) is 0 Å². The molecule has 0 fully saturated rings. The number of anilines is 1. The number of ether oxygens (including phenoxy) is 2. The van der Waals surface area contributed by atoms with Gasteiger partial charge < -0.3 is 20.1 Å². The number of methoxy groups -OCH3 is 2. The second-order valence-electron chi connectivity index (χ2n) is 5.54. The number of carbonyl (C=O) groups is 2. The molecule has 6 heteroatoms. The van der Waals surface area contributed by atoms with E-state index in [2.05, 4.69) is 10.6 Å². The van der Waals surface area contributed by atoms with Gasteiger partial charge in [0.25, 0.3) is 0 Å². The van der Waals surface area contributed by atoms with Crippen LogP contribution < -0.4 is 20.1 Å². The summed E-state index contributed by atoms with van der Waals surface area (Å²) in [5.74, 6) is 0.938. The summed E-state index contributed by atoms with van der Waals surface area (Å²) in [6.07, 6.45) is 3.18. The van der Waals surface area contributed by atoms with Gasteiger partial charge in [0.05, 0.1) is 14.2 Å². The summed E-state index contributed by atoms with van der Waals surface area (Å²) in [6.45, 7) is 1.83. The maximum atomic E-state index is 12.0. The predicted octanol–water partition coefficient (Wildman–Crippen LogP) is 2.99. The minimum Gasteiger partial charge on any atom is -0.493 e. The van der Waals surface area contributed by atoms with Crippen LogP contribution in [0.4, 0.5) is 5.69 Å². The summed E-state index contributed by atoms with van der Waals surface area (Å²) >= 11 is 0. The van der Waals surface area contributed by atoms with Gasteiger partial charge in [0, 0.05) is 25.2 Å². The standard InChI is InChI=1S/C20H22N2O4/c1-14(23)22-17-8-4-15(5-9-17)7-11-20(24)21-13-16-6-10-18(25-2)19(12-16)26-3/h4-12H,13H2,1-3H3,(H,21,24)(H,22,23)/b11-7+. The van der Waals surface area contributed by atoms with Crippen molar-refractivity contribution in [3.8, 4) is 11.5 Å². The van der Waals surface area contributed by atoms with Crippen LogP contribution in [0.25, 0.3) is 6.08 Å². The largest absolute Gasteiger partial charge is 0.493 e. The van der Waals surface area contributed by atoms with E-state index in [4.69, 9.17) is 9.47 Å². The smallest absolute Gasteiger partial charge is 0.244 e. The van der Waals surface area contributed by atoms with Crippen LogP contribution in [0.1, 0.15) is 18.1 Å². The number of nitrogens with one attached hydrogen (secondary N) is 2. The molecule has 2 rings (SSSR count). The maximum Gasteiger partial charge on any atom is 0.244 e. The van der Waals surface area contributed by atoms with Crippen molar-refractivity contribution in [2.24, 2.45) is 0 Å². The Morgan fingerprint density at radius 2 is 1.69 bits per heavy atom. The molecule has 0 radical (unpaired) electrons. The van der Waals surface area contributed by atoms with Crippen LogP contribution in [0, 0.1) is 0 Å². The lowest BCUT2D eigenvalue weighted by Gasteiger charge is -2.09. The van der Waals surface area contributed by atoms with Crippen LogP contribution in [0.5, 0.6) is 11.5 Å². The van der Waals surface area contributed by atoms with Gasteiger partial charge >= 0.3 is 0 Å². The third-order valence-corrected chi connectivity index (χ3v) is 3.57. The van der Waals surface area contributed by atoms with Crippen molar-refractivity contribution in [2.75, 3.05) is 19.5 Å². The summed E-state index contributed by atoms with van der Waals surface area (Å²) in [5, 5.41) is 5.51. The van der Waals surface area contributed by atoms with Gasteiger partial charge in [-0.1, -0.05) is 18.2 Å². The van der Waals surface area contributed by atoms with Crippen LogP contribution in [-0.2, 0) is 16.1 Å². The first-order valence-corrected chi connectivity index (χ1v) is 8.06. The average molecular weight is 354 g/mol. The van der Waals surface area contributed by atoms with Gasteiger partial charge in [-0.3, -0.25) is 9.59 Å². The van der Waals surface area contributed by atoms with Gasteiger partial charge in [-0.15, -0.1) is 0 Å². The third-order valence-electron chi connectivity index (χ3n) is 3.57. The van der Waals surface area contributed by atoms with Gasteiger partial charge in [-0.2, -0.15) is 0 Å². The van der Waals surface area contributed by atoms with E-state index >= 15 is 0 Å². The fourth-order valence-corrected chi connectivity index (χ4v) is 2.29. The SMILES string of the molecule is COc1ccc(CNC(=O)/C=C/c2ccc(NC(C)=O)cc2)cc1OC. The highest BCUT2D eigenvalue weighted by Crippen LogP contribution is 2.27. The molecule has 136 valence electrons. The minimum atomic E-state index is -0.203. The predicted molar refractivity (Wildman–Crippen MR) is 101 cm³/mol. The minimum absolute atomic E-state index is 0.122. The monoisotopic (exact) mass is 354 g/mol. The van der Waals surface area contributed by atoms with Crippen molar-refractivity contribution < 1.29 is 19.1 Å². The van der Waals surface area contributed by atoms with E-state index in [1.807, 2.05) is 24.3 Å². The van der Waals surface area contributed by atoms with Crippen molar-refractivity contribution in [1.29, 1.82) is 0 Å². The summed E-state index contributed by atoms with van der Waals surface area (Å²) in [4.78, 5) is 23.0. The Morgan fingerprint density at radius 1 is 1.00 bits per heavy atom. The van der Waals surface area contributed by atoms with Crippen molar-refractivity contribution >= 4 is 23.6 Å². The Labute approximate surface area is 152 Å². The lowest BCUT2D eigenvalue weighted by atomic mass is 10.2. The molecular formula is C20H22N2O4. The molecule has 0 saturated carbocycles. The molecule has 26 heavy (non-hydrogen) atoms. The molecule has 0 spiro atoms. The lowest BCUT2D eigenvalue weighted by molar-refractivity contribution is -0.116. The Hall–Kier alpha value is -3.28. The first-order valence-electron chi connectivity index (χ1n) is 8.06. The molecule has 0 aliphatic rings. The van der Waals surface area contributed by atoms with E-state index in [9.17, 15) is 9.59 Å².